The lowest BCUT2D eigenvalue weighted by Crippen LogP contribution is -2.54. The Morgan fingerprint density at radius 3 is 2.72 bits per heavy atom. The van der Waals surface area contributed by atoms with E-state index in [0.717, 1.165) is 26.1 Å². The first-order chi connectivity index (χ1) is 8.63. The molecule has 2 rings (SSSR count). The zero-order chi connectivity index (χ0) is 13.0. The lowest BCUT2D eigenvalue weighted by molar-refractivity contribution is -0.101. The van der Waals surface area contributed by atoms with Crippen molar-refractivity contribution in [3.05, 3.63) is 35.9 Å². The van der Waals surface area contributed by atoms with Crippen molar-refractivity contribution >= 4 is 0 Å². The molecule has 1 N–H and O–H groups in total. The standard InChI is InChI=1S/C15H23NO2/c1-15(2)12-18-14(11-16(15)9-6-10-17)13-7-4-3-5-8-13/h3-5,7-8,14,17H,6,9-12H2,1-2H3. The molecule has 1 saturated heterocycles. The molecule has 1 aliphatic rings. The minimum Gasteiger partial charge on any atom is -0.396 e. The molecule has 1 heterocycles. The van der Waals surface area contributed by atoms with Gasteiger partial charge in [0.15, 0.2) is 0 Å². The average molecular weight is 249 g/mol. The first kappa shape index (κ1) is 13.5. The van der Waals surface area contributed by atoms with Crippen molar-refractivity contribution in [3.63, 3.8) is 0 Å². The Morgan fingerprint density at radius 1 is 1.33 bits per heavy atom. The van der Waals surface area contributed by atoms with E-state index in [1.54, 1.807) is 0 Å². The van der Waals surface area contributed by atoms with Gasteiger partial charge in [0.05, 0.1) is 12.7 Å². The van der Waals surface area contributed by atoms with Crippen LogP contribution in [0, 0.1) is 0 Å². The number of hydrogen-bond acceptors (Lipinski definition) is 3. The van der Waals surface area contributed by atoms with Crippen LogP contribution in [-0.4, -0.2) is 41.8 Å². The summed E-state index contributed by atoms with van der Waals surface area (Å²) in [5.41, 5.74) is 1.29. The van der Waals surface area contributed by atoms with Crippen LogP contribution in [0.4, 0.5) is 0 Å². The fraction of sp³-hybridized carbons (Fsp3) is 0.600. The number of nitrogens with zero attached hydrogens (tertiary/aromatic N) is 1. The molecule has 1 aromatic carbocycles. The molecule has 3 nitrogen and oxygen atoms in total. The highest BCUT2D eigenvalue weighted by atomic mass is 16.5. The molecule has 18 heavy (non-hydrogen) atoms. The number of ether oxygens (including phenoxy) is 1. The molecular weight excluding hydrogens is 226 g/mol. The summed E-state index contributed by atoms with van der Waals surface area (Å²) in [4.78, 5) is 2.42. The van der Waals surface area contributed by atoms with Crippen molar-refractivity contribution in [1.29, 1.82) is 0 Å². The Labute approximate surface area is 109 Å². The summed E-state index contributed by atoms with van der Waals surface area (Å²) in [5, 5.41) is 8.99. The highest BCUT2D eigenvalue weighted by molar-refractivity contribution is 5.18. The summed E-state index contributed by atoms with van der Waals surface area (Å²) in [7, 11) is 0. The van der Waals surface area contributed by atoms with Gasteiger partial charge in [-0.15, -0.1) is 0 Å². The molecular formula is C15H23NO2. The van der Waals surface area contributed by atoms with Crippen molar-refractivity contribution in [2.45, 2.75) is 31.9 Å². The van der Waals surface area contributed by atoms with Crippen molar-refractivity contribution in [2.24, 2.45) is 0 Å². The van der Waals surface area contributed by atoms with Gasteiger partial charge in [-0.2, -0.15) is 0 Å². The third kappa shape index (κ3) is 3.10. The molecule has 1 unspecified atom stereocenters. The molecule has 0 bridgehead atoms. The number of benzene rings is 1. The van der Waals surface area contributed by atoms with Crippen LogP contribution >= 0.6 is 0 Å². The van der Waals surface area contributed by atoms with E-state index in [1.807, 2.05) is 6.07 Å². The molecule has 1 aromatic rings. The van der Waals surface area contributed by atoms with Gasteiger partial charge in [0, 0.05) is 25.2 Å². The Morgan fingerprint density at radius 2 is 2.06 bits per heavy atom. The van der Waals surface area contributed by atoms with E-state index < -0.39 is 0 Å². The monoisotopic (exact) mass is 249 g/mol. The van der Waals surface area contributed by atoms with Crippen molar-refractivity contribution in [2.75, 3.05) is 26.3 Å². The van der Waals surface area contributed by atoms with Crippen molar-refractivity contribution < 1.29 is 9.84 Å². The van der Waals surface area contributed by atoms with Crippen LogP contribution in [0.1, 0.15) is 31.9 Å². The summed E-state index contributed by atoms with van der Waals surface area (Å²) in [6, 6.07) is 10.4. The number of aliphatic hydroxyl groups excluding tert-OH is 1. The van der Waals surface area contributed by atoms with Gasteiger partial charge < -0.3 is 9.84 Å². The maximum Gasteiger partial charge on any atom is 0.0952 e. The van der Waals surface area contributed by atoms with Gasteiger partial charge in [-0.25, -0.2) is 0 Å². The van der Waals surface area contributed by atoms with Gasteiger partial charge in [0.2, 0.25) is 0 Å². The van der Waals surface area contributed by atoms with Crippen LogP contribution in [-0.2, 0) is 4.74 Å². The molecule has 0 radical (unpaired) electrons. The van der Waals surface area contributed by atoms with Crippen molar-refractivity contribution in [1.82, 2.24) is 4.90 Å². The summed E-state index contributed by atoms with van der Waals surface area (Å²) in [6.07, 6.45) is 0.975. The van der Waals surface area contributed by atoms with E-state index in [4.69, 9.17) is 9.84 Å². The fourth-order valence-corrected chi connectivity index (χ4v) is 2.42. The molecule has 0 saturated carbocycles. The topological polar surface area (TPSA) is 32.7 Å². The normalized spacial score (nSPS) is 24.1. The molecule has 100 valence electrons. The fourth-order valence-electron chi connectivity index (χ4n) is 2.42. The lowest BCUT2D eigenvalue weighted by atomic mass is 9.98. The Balaban J connectivity index is 2.05. The van der Waals surface area contributed by atoms with E-state index in [1.165, 1.54) is 5.56 Å². The van der Waals surface area contributed by atoms with Gasteiger partial charge in [-0.1, -0.05) is 30.3 Å². The number of rotatable bonds is 4. The summed E-state index contributed by atoms with van der Waals surface area (Å²) in [6.45, 7) is 7.21. The van der Waals surface area contributed by atoms with Crippen LogP contribution in [0.3, 0.4) is 0 Å². The molecule has 0 aromatic heterocycles. The first-order valence-electron chi connectivity index (χ1n) is 6.66. The second-order valence-corrected chi connectivity index (χ2v) is 5.55. The number of aliphatic hydroxyl groups is 1. The SMILES string of the molecule is CC1(C)COC(c2ccccc2)CN1CCCO. The zero-order valence-electron chi connectivity index (χ0n) is 11.3. The van der Waals surface area contributed by atoms with E-state index in [2.05, 4.69) is 43.0 Å². The van der Waals surface area contributed by atoms with E-state index in [-0.39, 0.29) is 18.2 Å². The predicted octanol–water partition coefficient (Wildman–Crippen LogP) is 2.22. The third-order valence-corrected chi connectivity index (χ3v) is 3.64. The van der Waals surface area contributed by atoms with Gasteiger partial charge in [0.1, 0.15) is 0 Å². The Bertz CT molecular complexity index is 364. The molecule has 1 fully saturated rings. The minimum atomic E-state index is 0.0560. The Kier molecular flexibility index (Phi) is 4.38. The lowest BCUT2D eigenvalue weighted by Gasteiger charge is -2.45. The smallest absolute Gasteiger partial charge is 0.0952 e. The van der Waals surface area contributed by atoms with Crippen LogP contribution in [0.2, 0.25) is 0 Å². The zero-order valence-corrected chi connectivity index (χ0v) is 11.3. The van der Waals surface area contributed by atoms with Gasteiger partial charge in [0.25, 0.3) is 0 Å². The van der Waals surface area contributed by atoms with E-state index in [9.17, 15) is 0 Å². The molecule has 0 spiro atoms. The van der Waals surface area contributed by atoms with E-state index in [0.29, 0.717) is 0 Å². The highest BCUT2D eigenvalue weighted by Gasteiger charge is 2.34. The largest absolute Gasteiger partial charge is 0.396 e. The summed E-state index contributed by atoms with van der Waals surface area (Å²) in [5.74, 6) is 0. The molecule has 1 atom stereocenters. The predicted molar refractivity (Wildman–Crippen MR) is 72.5 cm³/mol. The minimum absolute atomic E-state index is 0.0560. The maximum atomic E-state index is 8.99. The highest BCUT2D eigenvalue weighted by Crippen LogP contribution is 2.30. The molecule has 0 amide bonds. The van der Waals surface area contributed by atoms with Crippen LogP contribution < -0.4 is 0 Å². The number of hydrogen-bond donors (Lipinski definition) is 1. The third-order valence-electron chi connectivity index (χ3n) is 3.64. The number of morpholine rings is 1. The van der Waals surface area contributed by atoms with Crippen LogP contribution in [0.25, 0.3) is 0 Å². The second-order valence-electron chi connectivity index (χ2n) is 5.55. The van der Waals surface area contributed by atoms with Crippen LogP contribution in [0.15, 0.2) is 30.3 Å². The maximum absolute atomic E-state index is 8.99. The summed E-state index contributed by atoms with van der Waals surface area (Å²) >= 11 is 0. The molecule has 0 aliphatic carbocycles. The first-order valence-corrected chi connectivity index (χ1v) is 6.66. The average Bonchev–Trinajstić information content (AvgIpc) is 2.38. The van der Waals surface area contributed by atoms with Gasteiger partial charge in [-0.3, -0.25) is 4.90 Å². The quantitative estimate of drug-likeness (QED) is 0.888. The van der Waals surface area contributed by atoms with E-state index >= 15 is 0 Å². The van der Waals surface area contributed by atoms with Gasteiger partial charge in [-0.05, 0) is 25.8 Å². The Hall–Kier alpha value is -0.900. The second kappa shape index (κ2) is 5.83. The summed E-state index contributed by atoms with van der Waals surface area (Å²) < 4.78 is 5.99. The van der Waals surface area contributed by atoms with Crippen molar-refractivity contribution in [3.8, 4) is 0 Å². The molecule has 1 aliphatic heterocycles. The van der Waals surface area contributed by atoms with Gasteiger partial charge >= 0.3 is 0 Å². The van der Waals surface area contributed by atoms with Crippen LogP contribution in [0.5, 0.6) is 0 Å². The molecule has 3 heteroatoms.